The van der Waals surface area contributed by atoms with Crippen LogP contribution in [0.15, 0.2) is 12.5 Å². The number of carbonyl (C=O) groups excluding carboxylic acids is 1. The molecule has 1 saturated carbocycles. The minimum absolute atomic E-state index is 0.0540. The predicted octanol–water partition coefficient (Wildman–Crippen LogP) is -0.314. The molecule has 2 heterocycles. The van der Waals surface area contributed by atoms with E-state index < -0.39 is 0 Å². The Morgan fingerprint density at radius 3 is 3.00 bits per heavy atom. The maximum absolute atomic E-state index is 12.0. The number of aromatic nitrogens is 4. The number of rotatable bonds is 2. The molecule has 0 unspecified atom stereocenters. The summed E-state index contributed by atoms with van der Waals surface area (Å²) in [5.74, 6) is 0.289. The molecule has 0 aliphatic heterocycles. The number of amides is 1. The number of hydrogen-bond donors (Lipinski definition) is 2. The molecular formula is C11H13N5O2. The van der Waals surface area contributed by atoms with Gasteiger partial charge in [0.1, 0.15) is 6.33 Å². The first kappa shape index (κ1) is 11.1. The zero-order chi connectivity index (χ0) is 12.7. The van der Waals surface area contributed by atoms with E-state index in [1.54, 1.807) is 6.92 Å². The normalized spacial score (nSPS) is 22.8. The zero-order valence-electron chi connectivity index (χ0n) is 9.87. The van der Waals surface area contributed by atoms with Gasteiger partial charge in [0.25, 0.3) is 11.7 Å². The van der Waals surface area contributed by atoms with Crippen LogP contribution in [0, 0.1) is 6.92 Å². The second kappa shape index (κ2) is 4.02. The highest BCUT2D eigenvalue weighted by atomic mass is 16.3. The highest BCUT2D eigenvalue weighted by Crippen LogP contribution is 2.20. The van der Waals surface area contributed by atoms with Gasteiger partial charge in [0.15, 0.2) is 0 Å². The monoisotopic (exact) mass is 247 g/mol. The molecular weight excluding hydrogens is 234 g/mol. The Hall–Kier alpha value is -2.02. The van der Waals surface area contributed by atoms with Crippen LogP contribution in [-0.4, -0.2) is 42.7 Å². The third-order valence-electron chi connectivity index (χ3n) is 3.24. The van der Waals surface area contributed by atoms with E-state index in [0.717, 1.165) is 0 Å². The fraction of sp³-hybridized carbons (Fsp3) is 0.455. The molecule has 7 nitrogen and oxygen atoms in total. The Bertz CT molecular complexity index is 602. The van der Waals surface area contributed by atoms with Crippen molar-refractivity contribution in [2.75, 3.05) is 0 Å². The molecule has 1 aliphatic carbocycles. The Balaban J connectivity index is 1.84. The van der Waals surface area contributed by atoms with Gasteiger partial charge in [-0.3, -0.25) is 4.79 Å². The van der Waals surface area contributed by atoms with Gasteiger partial charge in [0.2, 0.25) is 0 Å². The molecule has 2 aromatic rings. The van der Waals surface area contributed by atoms with Crippen molar-refractivity contribution < 1.29 is 9.90 Å². The standard InChI is InChI=1S/C11H13N5O2/c1-6-9(4-12-11-13-5-14-16(6)11)10(18)15-7-2-8(17)3-7/h4-5,7-8,17H,2-3H2,1H3,(H,15,18). The van der Waals surface area contributed by atoms with E-state index >= 15 is 0 Å². The molecule has 7 heteroatoms. The van der Waals surface area contributed by atoms with Crippen molar-refractivity contribution in [2.45, 2.75) is 31.9 Å². The van der Waals surface area contributed by atoms with Gasteiger partial charge in [-0.1, -0.05) is 0 Å². The van der Waals surface area contributed by atoms with Gasteiger partial charge in [0.05, 0.1) is 17.4 Å². The van der Waals surface area contributed by atoms with Crippen LogP contribution in [0.3, 0.4) is 0 Å². The van der Waals surface area contributed by atoms with Gasteiger partial charge in [-0.15, -0.1) is 0 Å². The van der Waals surface area contributed by atoms with Gasteiger partial charge in [-0.25, -0.2) is 9.50 Å². The third kappa shape index (κ3) is 1.72. The molecule has 18 heavy (non-hydrogen) atoms. The second-order valence-electron chi connectivity index (χ2n) is 4.52. The van der Waals surface area contributed by atoms with Gasteiger partial charge in [0, 0.05) is 12.2 Å². The predicted molar refractivity (Wildman–Crippen MR) is 62.0 cm³/mol. The molecule has 1 fully saturated rings. The van der Waals surface area contributed by atoms with Crippen molar-refractivity contribution in [3.8, 4) is 0 Å². The SMILES string of the molecule is Cc1c(C(=O)NC2CC(O)C2)cnc2ncnn12. The van der Waals surface area contributed by atoms with E-state index in [9.17, 15) is 9.90 Å². The first-order valence-electron chi connectivity index (χ1n) is 5.79. The highest BCUT2D eigenvalue weighted by Gasteiger charge is 2.29. The number of nitrogens with one attached hydrogen (secondary N) is 1. The van der Waals surface area contributed by atoms with Gasteiger partial charge >= 0.3 is 0 Å². The zero-order valence-corrected chi connectivity index (χ0v) is 9.87. The lowest BCUT2D eigenvalue weighted by molar-refractivity contribution is 0.0562. The molecule has 0 bridgehead atoms. The molecule has 2 aromatic heterocycles. The smallest absolute Gasteiger partial charge is 0.254 e. The van der Waals surface area contributed by atoms with Crippen LogP contribution in [0.25, 0.3) is 5.78 Å². The van der Waals surface area contributed by atoms with Crippen molar-refractivity contribution in [1.82, 2.24) is 24.9 Å². The fourth-order valence-corrected chi connectivity index (χ4v) is 2.08. The van der Waals surface area contributed by atoms with Crippen molar-refractivity contribution in [1.29, 1.82) is 0 Å². The van der Waals surface area contributed by atoms with Crippen LogP contribution in [0.5, 0.6) is 0 Å². The van der Waals surface area contributed by atoms with Crippen LogP contribution < -0.4 is 5.32 Å². The Morgan fingerprint density at radius 2 is 2.28 bits per heavy atom. The first-order chi connectivity index (χ1) is 8.65. The third-order valence-corrected chi connectivity index (χ3v) is 3.24. The molecule has 0 atom stereocenters. The van der Waals surface area contributed by atoms with Crippen molar-refractivity contribution in [3.63, 3.8) is 0 Å². The summed E-state index contributed by atoms with van der Waals surface area (Å²) < 4.78 is 1.53. The number of fused-ring (bicyclic) bond motifs is 1. The summed E-state index contributed by atoms with van der Waals surface area (Å²) in [5.41, 5.74) is 1.18. The molecule has 0 saturated heterocycles. The van der Waals surface area contributed by atoms with Crippen LogP contribution in [0.1, 0.15) is 28.9 Å². The van der Waals surface area contributed by atoms with Crippen molar-refractivity contribution >= 4 is 11.7 Å². The summed E-state index contributed by atoms with van der Waals surface area (Å²) in [5, 5.41) is 16.1. The number of hydrogen-bond acceptors (Lipinski definition) is 5. The summed E-state index contributed by atoms with van der Waals surface area (Å²) in [4.78, 5) is 20.1. The average Bonchev–Trinajstić information content (AvgIpc) is 2.76. The molecule has 94 valence electrons. The van der Waals surface area contributed by atoms with E-state index in [4.69, 9.17) is 0 Å². The maximum Gasteiger partial charge on any atom is 0.254 e. The molecule has 0 aromatic carbocycles. The lowest BCUT2D eigenvalue weighted by atomic mass is 9.89. The molecule has 0 radical (unpaired) electrons. The molecule has 1 aliphatic rings. The first-order valence-corrected chi connectivity index (χ1v) is 5.79. The Morgan fingerprint density at radius 1 is 1.50 bits per heavy atom. The van der Waals surface area contributed by atoms with Gasteiger partial charge in [-0.2, -0.15) is 10.1 Å². The van der Waals surface area contributed by atoms with Crippen molar-refractivity contribution in [3.05, 3.63) is 23.8 Å². The summed E-state index contributed by atoms with van der Waals surface area (Å²) in [6.45, 7) is 1.80. The molecule has 0 spiro atoms. The van der Waals surface area contributed by atoms with Gasteiger partial charge < -0.3 is 10.4 Å². The van der Waals surface area contributed by atoms with Crippen LogP contribution in [0.2, 0.25) is 0 Å². The minimum atomic E-state index is -0.285. The number of aliphatic hydroxyl groups excluding tert-OH is 1. The minimum Gasteiger partial charge on any atom is -0.393 e. The quantitative estimate of drug-likeness (QED) is 0.759. The Kier molecular flexibility index (Phi) is 2.48. The summed E-state index contributed by atoms with van der Waals surface area (Å²) >= 11 is 0. The molecule has 1 amide bonds. The van der Waals surface area contributed by atoms with E-state index in [1.165, 1.54) is 17.0 Å². The Labute approximate surface area is 103 Å². The van der Waals surface area contributed by atoms with Crippen LogP contribution in [-0.2, 0) is 0 Å². The largest absolute Gasteiger partial charge is 0.393 e. The molecule has 3 rings (SSSR count). The van der Waals surface area contributed by atoms with E-state index in [2.05, 4.69) is 20.4 Å². The van der Waals surface area contributed by atoms with E-state index in [1.807, 2.05) is 0 Å². The number of aliphatic hydroxyl groups is 1. The number of carbonyl (C=O) groups is 1. The summed E-state index contributed by atoms with van der Waals surface area (Å²) in [7, 11) is 0. The van der Waals surface area contributed by atoms with Crippen LogP contribution in [0.4, 0.5) is 0 Å². The van der Waals surface area contributed by atoms with Gasteiger partial charge in [-0.05, 0) is 19.8 Å². The van der Waals surface area contributed by atoms with Crippen LogP contribution >= 0.6 is 0 Å². The second-order valence-corrected chi connectivity index (χ2v) is 4.52. The lowest BCUT2D eigenvalue weighted by Gasteiger charge is -2.32. The summed E-state index contributed by atoms with van der Waals surface area (Å²) in [6.07, 6.45) is 3.85. The van der Waals surface area contributed by atoms with Crippen molar-refractivity contribution in [2.24, 2.45) is 0 Å². The summed E-state index contributed by atoms with van der Waals surface area (Å²) in [6, 6.07) is 0.0540. The topological polar surface area (TPSA) is 92.4 Å². The number of aryl methyl sites for hydroxylation is 1. The fourth-order valence-electron chi connectivity index (χ4n) is 2.08. The maximum atomic E-state index is 12.0. The van der Waals surface area contributed by atoms with E-state index in [-0.39, 0.29) is 18.1 Å². The lowest BCUT2D eigenvalue weighted by Crippen LogP contribution is -2.47. The number of nitrogens with zero attached hydrogens (tertiary/aromatic N) is 4. The van der Waals surface area contributed by atoms with E-state index in [0.29, 0.717) is 29.9 Å². The highest BCUT2D eigenvalue weighted by molar-refractivity contribution is 5.95. The average molecular weight is 247 g/mol. The molecule has 2 N–H and O–H groups in total.